The third-order valence-electron chi connectivity index (χ3n) is 4.80. The molecule has 3 aromatic rings. The lowest BCUT2D eigenvalue weighted by atomic mass is 10.1. The third-order valence-corrected chi connectivity index (χ3v) is 4.80. The number of amides is 1. The number of hydrazone groups is 1. The minimum Gasteiger partial charge on any atom is -0.478 e. The normalized spacial score (nSPS) is 15.1. The van der Waals surface area contributed by atoms with Crippen LogP contribution in [0.2, 0.25) is 0 Å². The predicted octanol–water partition coefficient (Wildman–Crippen LogP) is 5.39. The number of alkyl halides is 2. The summed E-state index contributed by atoms with van der Waals surface area (Å²) < 4.78 is 32.2. The van der Waals surface area contributed by atoms with Crippen LogP contribution in [0.15, 0.2) is 75.8 Å². The summed E-state index contributed by atoms with van der Waals surface area (Å²) >= 11 is 0. The molecular weight excluding hydrogens is 406 g/mol. The monoisotopic (exact) mass is 422 g/mol. The van der Waals surface area contributed by atoms with Gasteiger partial charge in [-0.05, 0) is 49.4 Å². The molecule has 0 saturated carbocycles. The van der Waals surface area contributed by atoms with Crippen LogP contribution in [0.5, 0.6) is 0 Å². The average Bonchev–Trinajstić information content (AvgIpc) is 3.34. The maximum absolute atomic E-state index is 13.3. The molecule has 0 fully saturated rings. The van der Waals surface area contributed by atoms with Crippen molar-refractivity contribution in [3.05, 3.63) is 83.1 Å². The van der Waals surface area contributed by atoms with Crippen molar-refractivity contribution >= 4 is 29.4 Å². The molecule has 0 atom stereocenters. The summed E-state index contributed by atoms with van der Waals surface area (Å²) in [7, 11) is 0. The number of carbonyl (C=O) groups is 2. The van der Waals surface area contributed by atoms with Crippen molar-refractivity contribution < 1.29 is 27.9 Å². The van der Waals surface area contributed by atoms with Crippen LogP contribution < -0.4 is 5.01 Å². The molecule has 1 N–H and O–H groups in total. The van der Waals surface area contributed by atoms with Gasteiger partial charge in [0.2, 0.25) is 0 Å². The first-order chi connectivity index (χ1) is 14.8. The number of hydrogen-bond donors (Lipinski definition) is 1. The van der Waals surface area contributed by atoms with Crippen LogP contribution in [0.25, 0.3) is 17.4 Å². The maximum Gasteiger partial charge on any atom is 0.335 e. The summed E-state index contributed by atoms with van der Waals surface area (Å²) in [6, 6.07) is 15.0. The summed E-state index contributed by atoms with van der Waals surface area (Å²) in [5.74, 6) is -0.892. The Morgan fingerprint density at radius 3 is 2.48 bits per heavy atom. The molecular formula is C23H16F2N2O4. The Morgan fingerprint density at radius 2 is 1.81 bits per heavy atom. The Hall–Kier alpha value is -4.07. The van der Waals surface area contributed by atoms with Crippen molar-refractivity contribution in [3.8, 4) is 11.3 Å². The molecule has 1 amide bonds. The van der Waals surface area contributed by atoms with Crippen molar-refractivity contribution in [2.45, 2.75) is 13.3 Å². The fourth-order valence-corrected chi connectivity index (χ4v) is 3.23. The Labute approximate surface area is 175 Å². The number of carboxylic acid groups (broad SMARTS) is 1. The van der Waals surface area contributed by atoms with Crippen LogP contribution >= 0.6 is 0 Å². The molecule has 0 bridgehead atoms. The molecule has 31 heavy (non-hydrogen) atoms. The van der Waals surface area contributed by atoms with Gasteiger partial charge in [-0.25, -0.2) is 13.6 Å². The largest absolute Gasteiger partial charge is 0.478 e. The van der Waals surface area contributed by atoms with E-state index in [0.717, 1.165) is 0 Å². The maximum atomic E-state index is 13.3. The molecule has 1 aromatic heterocycles. The summed E-state index contributed by atoms with van der Waals surface area (Å²) in [6.07, 6.45) is -1.14. The van der Waals surface area contributed by atoms with Gasteiger partial charge in [0, 0.05) is 11.1 Å². The van der Waals surface area contributed by atoms with E-state index in [1.54, 1.807) is 31.2 Å². The quantitative estimate of drug-likeness (QED) is 0.559. The molecule has 4 rings (SSSR count). The molecule has 0 spiro atoms. The molecule has 8 heteroatoms. The standard InChI is InChI=1S/C23H16F2N2O4/c1-13-19(22(28)27(26-13)15-8-6-14(7-9-15)23(29)30)12-16-10-11-20(31-16)17-4-2-3-5-18(17)21(24)25/h2-12,21H,1H3,(H,29,30)/b19-12-. The second kappa shape index (κ2) is 7.98. The first-order valence-electron chi connectivity index (χ1n) is 9.27. The number of halogens is 2. The fraction of sp³-hybridized carbons (Fsp3) is 0.0870. The predicted molar refractivity (Wildman–Crippen MR) is 111 cm³/mol. The minimum absolute atomic E-state index is 0.0963. The number of anilines is 1. The number of benzene rings is 2. The van der Waals surface area contributed by atoms with Crippen molar-refractivity contribution in [1.82, 2.24) is 0 Å². The topological polar surface area (TPSA) is 83.1 Å². The van der Waals surface area contributed by atoms with Crippen LogP contribution in [0.3, 0.4) is 0 Å². The van der Waals surface area contributed by atoms with Crippen LogP contribution in [0.4, 0.5) is 14.5 Å². The Bertz CT molecular complexity index is 1230. The van der Waals surface area contributed by atoms with Gasteiger partial charge in [-0.3, -0.25) is 4.79 Å². The molecule has 0 saturated heterocycles. The number of rotatable bonds is 5. The first-order valence-corrected chi connectivity index (χ1v) is 9.27. The van der Waals surface area contributed by atoms with Gasteiger partial charge in [-0.2, -0.15) is 10.1 Å². The molecule has 1 aliphatic heterocycles. The lowest BCUT2D eigenvalue weighted by Gasteiger charge is -2.11. The molecule has 2 aromatic carbocycles. The van der Waals surface area contributed by atoms with Gasteiger partial charge in [-0.1, -0.05) is 24.3 Å². The van der Waals surface area contributed by atoms with Crippen LogP contribution in [0.1, 0.15) is 35.0 Å². The van der Waals surface area contributed by atoms with Gasteiger partial charge in [0.05, 0.1) is 22.5 Å². The van der Waals surface area contributed by atoms with Gasteiger partial charge in [0.1, 0.15) is 11.5 Å². The zero-order chi connectivity index (χ0) is 22.1. The number of aromatic carboxylic acids is 1. The zero-order valence-corrected chi connectivity index (χ0v) is 16.3. The summed E-state index contributed by atoms with van der Waals surface area (Å²) in [5, 5.41) is 14.4. The third kappa shape index (κ3) is 3.87. The van der Waals surface area contributed by atoms with Gasteiger partial charge in [0.15, 0.2) is 0 Å². The van der Waals surface area contributed by atoms with Gasteiger partial charge < -0.3 is 9.52 Å². The van der Waals surface area contributed by atoms with Crippen LogP contribution in [-0.4, -0.2) is 22.7 Å². The van der Waals surface area contributed by atoms with E-state index in [1.165, 1.54) is 47.5 Å². The number of hydrogen-bond acceptors (Lipinski definition) is 4. The number of carboxylic acids is 1. The van der Waals surface area contributed by atoms with Gasteiger partial charge in [-0.15, -0.1) is 0 Å². The van der Waals surface area contributed by atoms with E-state index in [1.807, 2.05) is 0 Å². The highest BCUT2D eigenvalue weighted by Gasteiger charge is 2.29. The van der Waals surface area contributed by atoms with Crippen molar-refractivity contribution in [3.63, 3.8) is 0 Å². The second-order valence-electron chi connectivity index (χ2n) is 6.80. The number of furan rings is 1. The second-order valence-corrected chi connectivity index (χ2v) is 6.80. The molecule has 0 unspecified atom stereocenters. The van der Waals surface area contributed by atoms with E-state index in [2.05, 4.69) is 5.10 Å². The SMILES string of the molecule is CC1=NN(c2ccc(C(=O)O)cc2)C(=O)/C1=C\c1ccc(-c2ccccc2C(F)F)o1. The Kier molecular flexibility index (Phi) is 5.21. The molecule has 0 aliphatic carbocycles. The Morgan fingerprint density at radius 1 is 1.10 bits per heavy atom. The lowest BCUT2D eigenvalue weighted by Crippen LogP contribution is -2.21. The molecule has 0 radical (unpaired) electrons. The van der Waals surface area contributed by atoms with Crippen LogP contribution in [0, 0.1) is 0 Å². The van der Waals surface area contributed by atoms with Crippen molar-refractivity contribution in [2.75, 3.05) is 5.01 Å². The van der Waals surface area contributed by atoms with Gasteiger partial charge in [0.25, 0.3) is 12.3 Å². The fourth-order valence-electron chi connectivity index (χ4n) is 3.23. The van der Waals surface area contributed by atoms with E-state index >= 15 is 0 Å². The number of nitrogens with zero attached hydrogens (tertiary/aromatic N) is 2. The molecule has 2 heterocycles. The van der Waals surface area contributed by atoms with Crippen molar-refractivity contribution in [2.24, 2.45) is 5.10 Å². The van der Waals surface area contributed by atoms with Crippen LogP contribution in [-0.2, 0) is 4.79 Å². The highest BCUT2D eigenvalue weighted by Crippen LogP contribution is 2.33. The van der Waals surface area contributed by atoms with Gasteiger partial charge >= 0.3 is 5.97 Å². The molecule has 6 nitrogen and oxygen atoms in total. The minimum atomic E-state index is -2.64. The summed E-state index contributed by atoms with van der Waals surface area (Å²) in [4.78, 5) is 23.8. The number of carbonyl (C=O) groups excluding carboxylic acids is 1. The van der Waals surface area contributed by atoms with Crippen molar-refractivity contribution in [1.29, 1.82) is 0 Å². The first kappa shape index (κ1) is 20.2. The smallest absolute Gasteiger partial charge is 0.335 e. The average molecular weight is 422 g/mol. The van der Waals surface area contributed by atoms with E-state index in [0.29, 0.717) is 17.2 Å². The zero-order valence-electron chi connectivity index (χ0n) is 16.3. The highest BCUT2D eigenvalue weighted by atomic mass is 19.3. The van der Waals surface area contributed by atoms with E-state index in [-0.39, 0.29) is 28.0 Å². The van der Waals surface area contributed by atoms with E-state index < -0.39 is 18.3 Å². The summed E-state index contributed by atoms with van der Waals surface area (Å²) in [5.41, 5.74) is 1.39. The Balaban J connectivity index is 1.61. The lowest BCUT2D eigenvalue weighted by molar-refractivity contribution is -0.114. The molecule has 156 valence electrons. The van der Waals surface area contributed by atoms with E-state index in [4.69, 9.17) is 9.52 Å². The van der Waals surface area contributed by atoms with E-state index in [9.17, 15) is 18.4 Å². The molecule has 1 aliphatic rings. The summed E-state index contributed by atoms with van der Waals surface area (Å²) in [6.45, 7) is 1.66. The highest BCUT2D eigenvalue weighted by molar-refractivity contribution is 6.32.